The van der Waals surface area contributed by atoms with E-state index in [-0.39, 0.29) is 5.78 Å². The lowest BCUT2D eigenvalue weighted by Gasteiger charge is -1.87. The van der Waals surface area contributed by atoms with Crippen LogP contribution < -0.4 is 0 Å². The van der Waals surface area contributed by atoms with E-state index in [1.807, 2.05) is 0 Å². The summed E-state index contributed by atoms with van der Waals surface area (Å²) in [5.41, 5.74) is 0.602. The molecule has 58 valence electrons. The number of furan rings is 1. The van der Waals surface area contributed by atoms with Crippen molar-refractivity contribution in [1.82, 2.24) is 0 Å². The summed E-state index contributed by atoms with van der Waals surface area (Å²) < 4.78 is 4.75. The maximum Gasteiger partial charge on any atom is 0.171 e. The van der Waals surface area contributed by atoms with Gasteiger partial charge in [0.25, 0.3) is 0 Å². The minimum Gasteiger partial charge on any atom is -0.472 e. The molecule has 0 atom stereocenters. The van der Waals surface area contributed by atoms with Gasteiger partial charge in [-0.15, -0.1) is 0 Å². The highest BCUT2D eigenvalue weighted by molar-refractivity contribution is 6.03. The summed E-state index contributed by atoms with van der Waals surface area (Å²) in [6.07, 6.45) is 4.84. The van der Waals surface area contributed by atoms with E-state index >= 15 is 0 Å². The Labute approximate surface area is 64.7 Å². The van der Waals surface area contributed by atoms with E-state index in [4.69, 9.17) is 4.42 Å². The van der Waals surface area contributed by atoms with Crippen molar-refractivity contribution < 1.29 is 9.21 Å². The molecule has 0 aromatic carbocycles. The zero-order chi connectivity index (χ0) is 8.10. The Morgan fingerprint density at radius 1 is 1.82 bits per heavy atom. The van der Waals surface area contributed by atoms with Gasteiger partial charge in [-0.2, -0.15) is 0 Å². The van der Waals surface area contributed by atoms with Crippen LogP contribution >= 0.6 is 0 Å². The van der Waals surface area contributed by atoms with Crippen LogP contribution in [0.25, 0.3) is 0 Å². The fourth-order valence-electron chi connectivity index (χ4n) is 0.715. The second kappa shape index (κ2) is 3.71. The molecule has 11 heavy (non-hydrogen) atoms. The quantitative estimate of drug-likeness (QED) is 0.486. The summed E-state index contributed by atoms with van der Waals surface area (Å²) in [7, 11) is 1.64. The van der Waals surface area contributed by atoms with Crippen LogP contribution in [0.4, 0.5) is 0 Å². The fourth-order valence-corrected chi connectivity index (χ4v) is 0.715. The fraction of sp³-hybridized carbons (Fsp3) is 0.250. The largest absolute Gasteiger partial charge is 0.472 e. The van der Waals surface area contributed by atoms with E-state index in [1.54, 1.807) is 19.3 Å². The Hall–Kier alpha value is -1.38. The molecule has 1 heterocycles. The number of carbonyl (C=O) groups excluding carboxylic acids is 1. The molecule has 3 nitrogen and oxygen atoms in total. The van der Waals surface area contributed by atoms with Crippen molar-refractivity contribution in [1.29, 1.82) is 0 Å². The highest BCUT2D eigenvalue weighted by atomic mass is 16.3. The normalized spacial score (nSPS) is 10.6. The molecular formula is C8H9NO2. The summed E-state index contributed by atoms with van der Waals surface area (Å²) in [5, 5.41) is 0. The zero-order valence-corrected chi connectivity index (χ0v) is 6.28. The summed E-state index contributed by atoms with van der Waals surface area (Å²) in [4.78, 5) is 14.8. The van der Waals surface area contributed by atoms with Crippen LogP contribution in [0.5, 0.6) is 0 Å². The van der Waals surface area contributed by atoms with E-state index in [9.17, 15) is 4.79 Å². The maximum absolute atomic E-state index is 11.1. The molecule has 0 aliphatic carbocycles. The molecule has 0 unspecified atom stereocenters. The second-order valence-corrected chi connectivity index (χ2v) is 2.08. The third-order valence-corrected chi connectivity index (χ3v) is 1.30. The van der Waals surface area contributed by atoms with Crippen molar-refractivity contribution in [3.05, 3.63) is 24.2 Å². The lowest BCUT2D eigenvalue weighted by Crippen LogP contribution is -1.96. The Morgan fingerprint density at radius 2 is 2.64 bits per heavy atom. The molecule has 0 saturated heterocycles. The van der Waals surface area contributed by atoms with Crippen LogP contribution in [0.3, 0.4) is 0 Å². The minimum absolute atomic E-state index is 0.0318. The molecule has 0 fully saturated rings. The number of carbonyl (C=O) groups is 1. The summed E-state index contributed by atoms with van der Waals surface area (Å²) in [5.74, 6) is 0.0318. The zero-order valence-electron chi connectivity index (χ0n) is 6.28. The summed E-state index contributed by atoms with van der Waals surface area (Å²) >= 11 is 0. The molecule has 0 aliphatic heterocycles. The lowest BCUT2D eigenvalue weighted by atomic mass is 10.2. The Kier molecular flexibility index (Phi) is 2.60. The monoisotopic (exact) mass is 151 g/mol. The van der Waals surface area contributed by atoms with Gasteiger partial charge in [-0.05, 0) is 6.07 Å². The number of aliphatic imine (C=N–C) groups is 1. The smallest absolute Gasteiger partial charge is 0.171 e. The van der Waals surface area contributed by atoms with Gasteiger partial charge in [-0.3, -0.25) is 4.79 Å². The van der Waals surface area contributed by atoms with Gasteiger partial charge >= 0.3 is 0 Å². The van der Waals surface area contributed by atoms with E-state index in [0.29, 0.717) is 12.0 Å². The average Bonchev–Trinajstić information content (AvgIpc) is 2.52. The van der Waals surface area contributed by atoms with Crippen LogP contribution in [0, 0.1) is 0 Å². The number of hydrogen-bond donors (Lipinski definition) is 0. The van der Waals surface area contributed by atoms with Crippen LogP contribution in [0.15, 0.2) is 28.0 Å². The van der Waals surface area contributed by atoms with Crippen molar-refractivity contribution in [2.24, 2.45) is 4.99 Å². The van der Waals surface area contributed by atoms with E-state index < -0.39 is 0 Å². The van der Waals surface area contributed by atoms with Crippen molar-refractivity contribution in [3.63, 3.8) is 0 Å². The van der Waals surface area contributed by atoms with Gasteiger partial charge in [0, 0.05) is 19.7 Å². The Bertz CT molecular complexity index is 249. The van der Waals surface area contributed by atoms with Gasteiger partial charge in [0.1, 0.15) is 6.26 Å². The molecule has 0 N–H and O–H groups in total. The molecule has 0 spiro atoms. The molecule has 3 heteroatoms. The maximum atomic E-state index is 11.1. The molecule has 0 aliphatic rings. The molecule has 0 bridgehead atoms. The average molecular weight is 151 g/mol. The Balaban J connectivity index is 2.56. The van der Waals surface area contributed by atoms with Crippen LogP contribution in [0.1, 0.15) is 16.8 Å². The van der Waals surface area contributed by atoms with E-state index in [0.717, 1.165) is 0 Å². The lowest BCUT2D eigenvalue weighted by molar-refractivity contribution is 0.100. The van der Waals surface area contributed by atoms with Gasteiger partial charge in [-0.25, -0.2) is 0 Å². The number of Topliss-reactive ketones (excluding diaryl/α,β-unsaturated/α-hetero) is 1. The second-order valence-electron chi connectivity index (χ2n) is 2.08. The standard InChI is InChI=1S/C8H9NO2/c1-9-4-2-8(10)7-3-5-11-6-7/h3-6H,2H2,1H3. The minimum atomic E-state index is 0.0318. The molecule has 0 amide bonds. The first-order chi connectivity index (χ1) is 5.34. The first kappa shape index (κ1) is 7.72. The SMILES string of the molecule is CN=CCC(=O)c1ccoc1. The topological polar surface area (TPSA) is 42.6 Å². The van der Waals surface area contributed by atoms with Crippen LogP contribution in [-0.2, 0) is 0 Å². The number of nitrogens with zero attached hydrogens (tertiary/aromatic N) is 1. The van der Waals surface area contributed by atoms with Gasteiger partial charge in [0.15, 0.2) is 5.78 Å². The molecule has 1 rings (SSSR count). The predicted octanol–water partition coefficient (Wildman–Crippen LogP) is 1.55. The molecule has 0 radical (unpaired) electrons. The number of rotatable bonds is 3. The highest BCUT2D eigenvalue weighted by Crippen LogP contribution is 2.02. The first-order valence-corrected chi connectivity index (χ1v) is 3.30. The third kappa shape index (κ3) is 2.04. The summed E-state index contributed by atoms with van der Waals surface area (Å²) in [6.45, 7) is 0. The highest BCUT2D eigenvalue weighted by Gasteiger charge is 2.03. The predicted molar refractivity (Wildman–Crippen MR) is 42.1 cm³/mol. The Morgan fingerprint density at radius 3 is 3.18 bits per heavy atom. The molecular weight excluding hydrogens is 142 g/mol. The number of ketones is 1. The van der Waals surface area contributed by atoms with E-state index in [2.05, 4.69) is 4.99 Å². The summed E-state index contributed by atoms with van der Waals surface area (Å²) in [6, 6.07) is 1.64. The molecule has 0 saturated carbocycles. The van der Waals surface area contributed by atoms with Crippen molar-refractivity contribution in [2.75, 3.05) is 7.05 Å². The van der Waals surface area contributed by atoms with E-state index in [1.165, 1.54) is 12.5 Å². The van der Waals surface area contributed by atoms with Crippen LogP contribution in [0.2, 0.25) is 0 Å². The van der Waals surface area contributed by atoms with Crippen molar-refractivity contribution >= 4 is 12.0 Å². The molecule has 1 aromatic rings. The van der Waals surface area contributed by atoms with Crippen LogP contribution in [-0.4, -0.2) is 19.0 Å². The van der Waals surface area contributed by atoms with Gasteiger partial charge in [0.05, 0.1) is 11.8 Å². The first-order valence-electron chi connectivity index (χ1n) is 3.30. The van der Waals surface area contributed by atoms with Gasteiger partial charge < -0.3 is 9.41 Å². The van der Waals surface area contributed by atoms with Gasteiger partial charge in [-0.1, -0.05) is 0 Å². The van der Waals surface area contributed by atoms with Gasteiger partial charge in [0.2, 0.25) is 0 Å². The van der Waals surface area contributed by atoms with Crippen molar-refractivity contribution in [2.45, 2.75) is 6.42 Å². The van der Waals surface area contributed by atoms with Crippen molar-refractivity contribution in [3.8, 4) is 0 Å². The third-order valence-electron chi connectivity index (χ3n) is 1.30. The molecule has 1 aromatic heterocycles. The number of hydrogen-bond acceptors (Lipinski definition) is 3.